The number of nitrogens with two attached hydrogens (primary N) is 2. The van der Waals surface area contributed by atoms with E-state index in [9.17, 15) is 39.0 Å². The van der Waals surface area contributed by atoms with Crippen LogP contribution in [0, 0.1) is 0 Å². The standard InChI is InChI=1S/C18H31N5O10/c1-7(24)13(20)17(31)22-9(3-5-11(19)26)15(29)21-10(4-6-12(27)28)16(30)23-14(8(2)25)18(32)33/h7-10,13-14,24-25H,3-6,20H2,1-2H3,(H2,19,26)(H,21,29)(H,22,31)(H,23,30)(H,27,28)(H,32,33). The Morgan fingerprint density at radius 2 is 1.21 bits per heavy atom. The van der Waals surface area contributed by atoms with Crippen LogP contribution < -0.4 is 27.4 Å². The summed E-state index contributed by atoms with van der Waals surface area (Å²) in [5, 5.41) is 43.4. The highest BCUT2D eigenvalue weighted by Crippen LogP contribution is 2.05. The molecule has 15 nitrogen and oxygen atoms in total. The van der Waals surface area contributed by atoms with Gasteiger partial charge in [-0.25, -0.2) is 4.79 Å². The number of rotatable bonds is 15. The maximum Gasteiger partial charge on any atom is 0.328 e. The zero-order valence-electron chi connectivity index (χ0n) is 18.2. The summed E-state index contributed by atoms with van der Waals surface area (Å²) in [7, 11) is 0. The molecule has 0 aliphatic heterocycles. The van der Waals surface area contributed by atoms with E-state index in [1.165, 1.54) is 6.92 Å². The molecule has 0 heterocycles. The highest BCUT2D eigenvalue weighted by molar-refractivity contribution is 5.94. The minimum atomic E-state index is -1.74. The predicted octanol–water partition coefficient (Wildman–Crippen LogP) is -4.26. The van der Waals surface area contributed by atoms with Gasteiger partial charge in [-0.05, 0) is 26.7 Å². The van der Waals surface area contributed by atoms with Gasteiger partial charge >= 0.3 is 11.9 Å². The Hall–Kier alpha value is -3.30. The van der Waals surface area contributed by atoms with E-state index in [0.29, 0.717) is 0 Å². The number of carboxylic acids is 2. The van der Waals surface area contributed by atoms with E-state index in [-0.39, 0.29) is 12.8 Å². The van der Waals surface area contributed by atoms with Gasteiger partial charge in [-0.15, -0.1) is 0 Å². The molecule has 0 aliphatic rings. The van der Waals surface area contributed by atoms with Crippen LogP contribution in [0.4, 0.5) is 0 Å². The molecular weight excluding hydrogens is 446 g/mol. The molecule has 6 atom stereocenters. The maximum atomic E-state index is 12.7. The van der Waals surface area contributed by atoms with Crippen LogP contribution in [-0.2, 0) is 28.8 Å². The van der Waals surface area contributed by atoms with Gasteiger partial charge in [-0.1, -0.05) is 0 Å². The van der Waals surface area contributed by atoms with Crippen LogP contribution in [0.15, 0.2) is 0 Å². The molecule has 0 saturated carbocycles. The molecule has 0 aliphatic carbocycles. The van der Waals surface area contributed by atoms with Crippen LogP contribution in [0.3, 0.4) is 0 Å². The molecule has 0 saturated heterocycles. The monoisotopic (exact) mass is 477 g/mol. The van der Waals surface area contributed by atoms with E-state index in [1.54, 1.807) is 0 Å². The summed E-state index contributed by atoms with van der Waals surface area (Å²) in [6.45, 7) is 2.33. The number of aliphatic hydroxyl groups excluding tert-OH is 2. The van der Waals surface area contributed by atoms with E-state index in [4.69, 9.17) is 21.7 Å². The largest absolute Gasteiger partial charge is 0.481 e. The van der Waals surface area contributed by atoms with E-state index < -0.39 is 84.8 Å². The summed E-state index contributed by atoms with van der Waals surface area (Å²) < 4.78 is 0. The lowest BCUT2D eigenvalue weighted by molar-refractivity contribution is -0.145. The first-order chi connectivity index (χ1) is 15.2. The molecule has 0 fully saturated rings. The Kier molecular flexibility index (Phi) is 12.6. The minimum Gasteiger partial charge on any atom is -0.481 e. The molecule has 33 heavy (non-hydrogen) atoms. The van der Waals surface area contributed by atoms with Crippen molar-refractivity contribution in [2.24, 2.45) is 11.5 Å². The summed E-state index contributed by atoms with van der Waals surface area (Å²) in [4.78, 5) is 70.6. The number of hydrogen-bond donors (Lipinski definition) is 9. The number of aliphatic hydroxyl groups is 2. The molecule has 0 aromatic rings. The van der Waals surface area contributed by atoms with Crippen molar-refractivity contribution in [2.75, 3.05) is 0 Å². The summed E-state index contributed by atoms with van der Waals surface area (Å²) in [6, 6.07) is -6.16. The molecule has 188 valence electrons. The smallest absolute Gasteiger partial charge is 0.328 e. The summed E-state index contributed by atoms with van der Waals surface area (Å²) >= 11 is 0. The van der Waals surface area contributed by atoms with Crippen molar-refractivity contribution in [1.82, 2.24) is 16.0 Å². The number of carbonyl (C=O) groups is 6. The number of carboxylic acid groups (broad SMARTS) is 2. The number of amides is 4. The Labute approximate surface area is 188 Å². The van der Waals surface area contributed by atoms with Crippen molar-refractivity contribution < 1.29 is 49.2 Å². The third-order valence-electron chi connectivity index (χ3n) is 4.46. The Balaban J connectivity index is 5.63. The first-order valence-electron chi connectivity index (χ1n) is 9.93. The third kappa shape index (κ3) is 11.2. The van der Waals surface area contributed by atoms with Crippen LogP contribution in [0.1, 0.15) is 39.5 Å². The SMILES string of the molecule is CC(O)C(N)C(=O)NC(CCC(N)=O)C(=O)NC(CCC(=O)O)C(=O)NC(C(=O)O)C(C)O. The van der Waals surface area contributed by atoms with Gasteiger partial charge in [-0.3, -0.25) is 24.0 Å². The van der Waals surface area contributed by atoms with E-state index in [1.807, 2.05) is 5.32 Å². The molecular formula is C18H31N5O10. The van der Waals surface area contributed by atoms with E-state index in [2.05, 4.69) is 10.6 Å². The van der Waals surface area contributed by atoms with Gasteiger partial charge in [-0.2, -0.15) is 0 Å². The Bertz CT molecular complexity index is 742. The number of aliphatic carboxylic acids is 2. The lowest BCUT2D eigenvalue weighted by Gasteiger charge is -2.25. The topological polar surface area (TPSA) is 271 Å². The zero-order valence-corrected chi connectivity index (χ0v) is 18.2. The second-order valence-electron chi connectivity index (χ2n) is 7.39. The Morgan fingerprint density at radius 3 is 1.61 bits per heavy atom. The molecule has 6 unspecified atom stereocenters. The van der Waals surface area contributed by atoms with Gasteiger partial charge in [0.15, 0.2) is 6.04 Å². The molecule has 0 aromatic carbocycles. The molecule has 0 aromatic heterocycles. The zero-order chi connectivity index (χ0) is 25.9. The fraction of sp³-hybridized carbons (Fsp3) is 0.667. The van der Waals surface area contributed by atoms with Crippen LogP contribution >= 0.6 is 0 Å². The van der Waals surface area contributed by atoms with Crippen LogP contribution in [-0.4, -0.2) is 92.4 Å². The van der Waals surface area contributed by atoms with Gasteiger partial charge < -0.3 is 47.8 Å². The van der Waals surface area contributed by atoms with Gasteiger partial charge in [0.2, 0.25) is 23.6 Å². The average Bonchev–Trinajstić information content (AvgIpc) is 2.69. The molecule has 11 N–H and O–H groups in total. The highest BCUT2D eigenvalue weighted by atomic mass is 16.4. The molecule has 0 spiro atoms. The predicted molar refractivity (Wildman–Crippen MR) is 110 cm³/mol. The normalized spacial score (nSPS) is 16.3. The third-order valence-corrected chi connectivity index (χ3v) is 4.46. The van der Waals surface area contributed by atoms with Gasteiger partial charge in [0, 0.05) is 12.8 Å². The van der Waals surface area contributed by atoms with E-state index in [0.717, 1.165) is 6.92 Å². The van der Waals surface area contributed by atoms with Crippen LogP contribution in [0.2, 0.25) is 0 Å². The van der Waals surface area contributed by atoms with Crippen molar-refractivity contribution >= 4 is 35.6 Å². The Morgan fingerprint density at radius 1 is 0.758 bits per heavy atom. The lowest BCUT2D eigenvalue weighted by atomic mass is 10.1. The van der Waals surface area contributed by atoms with Gasteiger partial charge in [0.25, 0.3) is 0 Å². The van der Waals surface area contributed by atoms with Crippen molar-refractivity contribution in [2.45, 2.75) is 75.9 Å². The first-order valence-corrected chi connectivity index (χ1v) is 9.93. The van der Waals surface area contributed by atoms with Gasteiger partial charge in [0.1, 0.15) is 18.1 Å². The lowest BCUT2D eigenvalue weighted by Crippen LogP contribution is -2.59. The molecule has 0 rings (SSSR count). The fourth-order valence-electron chi connectivity index (χ4n) is 2.49. The van der Waals surface area contributed by atoms with Crippen molar-refractivity contribution in [3.05, 3.63) is 0 Å². The second kappa shape index (κ2) is 14.0. The summed E-state index contributed by atoms with van der Waals surface area (Å²) in [5.74, 6) is -6.74. The molecule has 0 radical (unpaired) electrons. The second-order valence-corrected chi connectivity index (χ2v) is 7.39. The first kappa shape index (κ1) is 29.7. The van der Waals surface area contributed by atoms with Crippen molar-refractivity contribution in [3.63, 3.8) is 0 Å². The molecule has 15 heteroatoms. The molecule has 4 amide bonds. The van der Waals surface area contributed by atoms with Crippen LogP contribution in [0.5, 0.6) is 0 Å². The highest BCUT2D eigenvalue weighted by Gasteiger charge is 2.32. The summed E-state index contributed by atoms with van der Waals surface area (Å²) in [6.07, 6.45) is -4.48. The fourth-order valence-corrected chi connectivity index (χ4v) is 2.49. The van der Waals surface area contributed by atoms with E-state index >= 15 is 0 Å². The van der Waals surface area contributed by atoms with Gasteiger partial charge in [0.05, 0.1) is 12.2 Å². The van der Waals surface area contributed by atoms with Crippen molar-refractivity contribution in [1.29, 1.82) is 0 Å². The number of primary amides is 1. The number of carbonyl (C=O) groups excluding carboxylic acids is 4. The quantitative estimate of drug-likeness (QED) is 0.109. The summed E-state index contributed by atoms with van der Waals surface area (Å²) in [5.41, 5.74) is 10.6. The van der Waals surface area contributed by atoms with Crippen molar-refractivity contribution in [3.8, 4) is 0 Å². The minimum absolute atomic E-state index is 0.307. The number of hydrogen-bond acceptors (Lipinski definition) is 9. The number of nitrogens with one attached hydrogen (secondary N) is 3. The maximum absolute atomic E-state index is 12.7. The molecule has 0 bridgehead atoms. The average molecular weight is 477 g/mol. The van der Waals surface area contributed by atoms with Crippen LogP contribution in [0.25, 0.3) is 0 Å².